The lowest BCUT2D eigenvalue weighted by Crippen LogP contribution is -2.40. The van der Waals surface area contributed by atoms with E-state index in [1.165, 1.54) is 10.9 Å². The van der Waals surface area contributed by atoms with E-state index in [-0.39, 0.29) is 24.2 Å². The molecule has 170 valence electrons. The zero-order valence-electron chi connectivity index (χ0n) is 18.7. The Bertz CT molecular complexity index is 876. The van der Waals surface area contributed by atoms with E-state index in [0.29, 0.717) is 36.6 Å². The van der Waals surface area contributed by atoms with Crippen LogP contribution < -0.4 is 15.4 Å². The Morgan fingerprint density at radius 3 is 2.55 bits per heavy atom. The van der Waals surface area contributed by atoms with Crippen molar-refractivity contribution in [3.63, 3.8) is 0 Å². The van der Waals surface area contributed by atoms with Gasteiger partial charge in [-0.1, -0.05) is 11.6 Å². The summed E-state index contributed by atoms with van der Waals surface area (Å²) >= 11 is 0. The molecular weight excluding hydrogens is 401 g/mol. The van der Waals surface area contributed by atoms with Crippen LogP contribution in [0.15, 0.2) is 24.4 Å². The molecule has 2 N–H and O–H groups in total. The fourth-order valence-electron chi connectivity index (χ4n) is 2.85. The van der Waals surface area contributed by atoms with Crippen LogP contribution in [0.1, 0.15) is 74.2 Å². The highest BCUT2D eigenvalue weighted by Crippen LogP contribution is 2.25. The normalized spacial score (nSPS) is 11.3. The molecular formula is C22H32FN5O3. The van der Waals surface area contributed by atoms with Crippen molar-refractivity contribution in [3.8, 4) is 11.4 Å². The molecule has 2 amide bonds. The molecule has 8 nitrogen and oxygen atoms in total. The number of carbonyl (C=O) groups excluding carboxylic acids is 2. The Morgan fingerprint density at radius 1 is 1.13 bits per heavy atom. The SMILES string of the molecule is CCNC(=O)c1ccc(-n2cc(C(=O)NC(C)(C)C)nn2)c(OCCCCCCF)c1. The minimum Gasteiger partial charge on any atom is -0.491 e. The van der Waals surface area contributed by atoms with Crippen molar-refractivity contribution in [3.05, 3.63) is 35.7 Å². The molecule has 0 aliphatic carbocycles. The number of halogens is 1. The lowest BCUT2D eigenvalue weighted by Gasteiger charge is -2.19. The lowest BCUT2D eigenvalue weighted by molar-refractivity contribution is 0.0912. The van der Waals surface area contributed by atoms with Crippen molar-refractivity contribution in [2.75, 3.05) is 19.8 Å². The topological polar surface area (TPSA) is 98.1 Å². The molecule has 0 aliphatic rings. The summed E-state index contributed by atoms with van der Waals surface area (Å²) in [6, 6.07) is 5.03. The van der Waals surface area contributed by atoms with Crippen molar-refractivity contribution in [1.82, 2.24) is 25.6 Å². The third kappa shape index (κ3) is 7.66. The standard InChI is InChI=1S/C22H32FN5O3/c1-5-24-20(29)16-10-11-18(19(14-16)31-13-9-7-6-8-12-23)28-15-17(26-27-28)21(30)25-22(2,3)4/h10-11,14-15H,5-9,12-13H2,1-4H3,(H,24,29)(H,25,30). The Morgan fingerprint density at radius 2 is 1.87 bits per heavy atom. The zero-order chi connectivity index (χ0) is 22.9. The second-order valence-electron chi connectivity index (χ2n) is 8.25. The Kier molecular flexibility index (Phi) is 8.96. The number of hydrogen-bond donors (Lipinski definition) is 2. The molecule has 1 aromatic carbocycles. The third-order valence-electron chi connectivity index (χ3n) is 4.31. The maximum atomic E-state index is 12.4. The number of rotatable bonds is 11. The highest BCUT2D eigenvalue weighted by atomic mass is 19.1. The summed E-state index contributed by atoms with van der Waals surface area (Å²) in [6.07, 6.45) is 4.50. The molecule has 0 fully saturated rings. The van der Waals surface area contributed by atoms with Gasteiger partial charge in [-0.15, -0.1) is 5.10 Å². The Hall–Kier alpha value is -2.97. The molecule has 31 heavy (non-hydrogen) atoms. The van der Waals surface area contributed by atoms with E-state index in [0.717, 1.165) is 19.3 Å². The minimum atomic E-state index is -0.397. The number of nitrogens with zero attached hydrogens (tertiary/aromatic N) is 3. The largest absolute Gasteiger partial charge is 0.491 e. The van der Waals surface area contributed by atoms with Crippen molar-refractivity contribution in [2.45, 2.75) is 58.9 Å². The van der Waals surface area contributed by atoms with E-state index in [1.807, 2.05) is 27.7 Å². The van der Waals surface area contributed by atoms with E-state index in [9.17, 15) is 14.0 Å². The van der Waals surface area contributed by atoms with Crippen molar-refractivity contribution < 1.29 is 18.7 Å². The van der Waals surface area contributed by atoms with Gasteiger partial charge >= 0.3 is 0 Å². The number of unbranched alkanes of at least 4 members (excludes halogenated alkanes) is 3. The molecule has 2 rings (SSSR count). The quantitative estimate of drug-likeness (QED) is 0.529. The van der Waals surface area contributed by atoms with Crippen LogP contribution in [0.3, 0.4) is 0 Å². The van der Waals surface area contributed by atoms with Crippen LogP contribution in [0, 0.1) is 0 Å². The number of amides is 2. The van der Waals surface area contributed by atoms with Crippen LogP contribution in [0.5, 0.6) is 5.75 Å². The van der Waals surface area contributed by atoms with Gasteiger partial charge in [0.2, 0.25) is 0 Å². The molecule has 0 unspecified atom stereocenters. The molecule has 0 spiro atoms. The highest BCUT2D eigenvalue weighted by Gasteiger charge is 2.19. The molecule has 2 aromatic rings. The average molecular weight is 434 g/mol. The van der Waals surface area contributed by atoms with E-state index >= 15 is 0 Å². The smallest absolute Gasteiger partial charge is 0.273 e. The molecule has 0 saturated carbocycles. The van der Waals surface area contributed by atoms with Gasteiger partial charge in [0.15, 0.2) is 5.69 Å². The van der Waals surface area contributed by atoms with Crippen LogP contribution in [-0.4, -0.2) is 52.2 Å². The van der Waals surface area contributed by atoms with Crippen LogP contribution in [0.25, 0.3) is 5.69 Å². The Labute approximate surface area is 182 Å². The van der Waals surface area contributed by atoms with Gasteiger partial charge in [0.25, 0.3) is 11.8 Å². The van der Waals surface area contributed by atoms with E-state index in [2.05, 4.69) is 20.9 Å². The van der Waals surface area contributed by atoms with Gasteiger partial charge in [0.05, 0.1) is 19.5 Å². The molecule has 0 radical (unpaired) electrons. The highest BCUT2D eigenvalue weighted by molar-refractivity contribution is 5.95. The van der Waals surface area contributed by atoms with Gasteiger partial charge in [-0.2, -0.15) is 0 Å². The van der Waals surface area contributed by atoms with Crippen molar-refractivity contribution in [1.29, 1.82) is 0 Å². The van der Waals surface area contributed by atoms with Crippen LogP contribution >= 0.6 is 0 Å². The summed E-state index contributed by atoms with van der Waals surface area (Å²) in [7, 11) is 0. The van der Waals surface area contributed by atoms with Crippen LogP contribution in [-0.2, 0) is 0 Å². The summed E-state index contributed by atoms with van der Waals surface area (Å²) in [4.78, 5) is 24.6. The predicted molar refractivity (Wildman–Crippen MR) is 117 cm³/mol. The molecule has 9 heteroatoms. The molecule has 0 bridgehead atoms. The van der Waals surface area contributed by atoms with Crippen molar-refractivity contribution >= 4 is 11.8 Å². The Balaban J connectivity index is 2.22. The molecule has 1 aromatic heterocycles. The fourth-order valence-corrected chi connectivity index (χ4v) is 2.85. The van der Waals surface area contributed by atoms with Crippen LogP contribution in [0.2, 0.25) is 0 Å². The van der Waals surface area contributed by atoms with E-state index in [4.69, 9.17) is 4.74 Å². The summed E-state index contributed by atoms with van der Waals surface area (Å²) < 4.78 is 19.6. The van der Waals surface area contributed by atoms with Gasteiger partial charge in [-0.3, -0.25) is 14.0 Å². The maximum absolute atomic E-state index is 12.4. The number of nitrogens with one attached hydrogen (secondary N) is 2. The third-order valence-corrected chi connectivity index (χ3v) is 4.31. The molecule has 0 aliphatic heterocycles. The molecule has 1 heterocycles. The first-order chi connectivity index (χ1) is 14.7. The van der Waals surface area contributed by atoms with Gasteiger partial charge in [0, 0.05) is 17.6 Å². The number of benzene rings is 1. The molecule has 0 saturated heterocycles. The number of ether oxygens (including phenoxy) is 1. The minimum absolute atomic E-state index is 0.180. The predicted octanol–water partition coefficient (Wildman–Crippen LogP) is 3.45. The number of alkyl halides is 1. The zero-order valence-corrected chi connectivity index (χ0v) is 18.7. The van der Waals surface area contributed by atoms with Gasteiger partial charge in [-0.05, 0) is 65.2 Å². The second-order valence-corrected chi connectivity index (χ2v) is 8.25. The first-order valence-electron chi connectivity index (χ1n) is 10.6. The average Bonchev–Trinajstić information content (AvgIpc) is 3.19. The second kappa shape index (κ2) is 11.4. The number of carbonyl (C=O) groups is 2. The first-order valence-corrected chi connectivity index (χ1v) is 10.6. The summed E-state index contributed by atoms with van der Waals surface area (Å²) in [5, 5.41) is 13.6. The van der Waals surface area contributed by atoms with Gasteiger partial charge in [-0.25, -0.2) is 4.68 Å². The number of aromatic nitrogens is 3. The lowest BCUT2D eigenvalue weighted by atomic mass is 10.1. The summed E-state index contributed by atoms with van der Waals surface area (Å²) in [5.41, 5.74) is 0.814. The van der Waals surface area contributed by atoms with Crippen LogP contribution in [0.4, 0.5) is 4.39 Å². The first kappa shape index (κ1) is 24.3. The van der Waals surface area contributed by atoms with E-state index in [1.54, 1.807) is 18.2 Å². The maximum Gasteiger partial charge on any atom is 0.273 e. The van der Waals surface area contributed by atoms with Gasteiger partial charge in [0.1, 0.15) is 11.4 Å². The monoisotopic (exact) mass is 433 g/mol. The summed E-state index contributed by atoms with van der Waals surface area (Å²) in [5.74, 6) is -0.0689. The molecule has 0 atom stereocenters. The number of hydrogen-bond acceptors (Lipinski definition) is 5. The van der Waals surface area contributed by atoms with Gasteiger partial charge < -0.3 is 15.4 Å². The summed E-state index contributed by atoms with van der Waals surface area (Å²) in [6.45, 7) is 8.13. The fraction of sp³-hybridized carbons (Fsp3) is 0.545. The van der Waals surface area contributed by atoms with E-state index < -0.39 is 5.54 Å². The van der Waals surface area contributed by atoms with Crippen molar-refractivity contribution in [2.24, 2.45) is 0 Å².